The van der Waals surface area contributed by atoms with Crippen molar-refractivity contribution in [3.8, 4) is 51.2 Å². The van der Waals surface area contributed by atoms with E-state index in [0.29, 0.717) is 28.0 Å². The Kier molecular flexibility index (Phi) is 6.47. The maximum Gasteiger partial charge on any atom is 0.161 e. The number of rotatable bonds is 7. The SMILES string of the molecule is COc1ccc(-c2nn(-c3ccc(Cl)cc3)c(-c3ccc(OC)c(OC)c3)c2C)cc1OC. The number of nitrogens with zero attached hydrogens (tertiary/aromatic N) is 2. The molecule has 0 saturated carbocycles. The first kappa shape index (κ1) is 22.6. The van der Waals surface area contributed by atoms with Crippen LogP contribution in [0.1, 0.15) is 5.56 Å². The fourth-order valence-electron chi connectivity index (χ4n) is 3.85. The molecule has 33 heavy (non-hydrogen) atoms. The molecule has 0 fully saturated rings. The molecule has 170 valence electrons. The molecule has 1 heterocycles. The predicted octanol–water partition coefficient (Wildman–Crippen LogP) is 6.20. The third kappa shape index (κ3) is 4.22. The van der Waals surface area contributed by atoms with Gasteiger partial charge in [0.25, 0.3) is 0 Å². The van der Waals surface area contributed by atoms with E-state index in [-0.39, 0.29) is 0 Å². The highest BCUT2D eigenvalue weighted by atomic mass is 35.5. The van der Waals surface area contributed by atoms with Crippen molar-refractivity contribution in [3.63, 3.8) is 0 Å². The number of aromatic nitrogens is 2. The van der Waals surface area contributed by atoms with E-state index in [4.69, 9.17) is 35.6 Å². The Labute approximate surface area is 198 Å². The minimum absolute atomic E-state index is 0.642. The van der Waals surface area contributed by atoms with Gasteiger partial charge in [0, 0.05) is 21.7 Å². The zero-order valence-electron chi connectivity index (χ0n) is 19.2. The quantitative estimate of drug-likeness (QED) is 0.326. The Morgan fingerprint density at radius 3 is 1.73 bits per heavy atom. The Balaban J connectivity index is 1.96. The molecule has 0 N–H and O–H groups in total. The summed E-state index contributed by atoms with van der Waals surface area (Å²) in [5, 5.41) is 5.65. The number of hydrogen-bond donors (Lipinski definition) is 0. The van der Waals surface area contributed by atoms with Crippen LogP contribution in [0.2, 0.25) is 5.02 Å². The van der Waals surface area contributed by atoms with Crippen molar-refractivity contribution >= 4 is 11.6 Å². The average Bonchev–Trinajstić information content (AvgIpc) is 3.20. The molecule has 0 saturated heterocycles. The number of hydrogen-bond acceptors (Lipinski definition) is 5. The van der Waals surface area contributed by atoms with Crippen LogP contribution in [0.3, 0.4) is 0 Å². The lowest BCUT2D eigenvalue weighted by Gasteiger charge is -2.12. The summed E-state index contributed by atoms with van der Waals surface area (Å²) in [7, 11) is 6.49. The van der Waals surface area contributed by atoms with E-state index in [2.05, 4.69) is 6.92 Å². The molecule has 1 aromatic heterocycles. The molecule has 0 radical (unpaired) electrons. The Morgan fingerprint density at radius 2 is 1.18 bits per heavy atom. The van der Waals surface area contributed by atoms with Gasteiger partial charge in [-0.15, -0.1) is 0 Å². The first-order valence-electron chi connectivity index (χ1n) is 10.3. The van der Waals surface area contributed by atoms with E-state index in [1.165, 1.54) is 0 Å². The molecule has 0 aliphatic heterocycles. The molecule has 0 unspecified atom stereocenters. The summed E-state index contributed by atoms with van der Waals surface area (Å²) in [6, 6.07) is 19.2. The Morgan fingerprint density at radius 1 is 0.667 bits per heavy atom. The van der Waals surface area contributed by atoms with Gasteiger partial charge in [0.15, 0.2) is 23.0 Å². The second-order valence-electron chi connectivity index (χ2n) is 7.35. The lowest BCUT2D eigenvalue weighted by molar-refractivity contribution is 0.355. The first-order chi connectivity index (χ1) is 16.0. The van der Waals surface area contributed by atoms with Gasteiger partial charge in [-0.05, 0) is 67.6 Å². The smallest absolute Gasteiger partial charge is 0.161 e. The van der Waals surface area contributed by atoms with Crippen LogP contribution < -0.4 is 18.9 Å². The number of ether oxygens (including phenoxy) is 4. The highest BCUT2D eigenvalue weighted by Gasteiger charge is 2.21. The minimum atomic E-state index is 0.642. The van der Waals surface area contributed by atoms with Crippen LogP contribution in [0.15, 0.2) is 60.7 Å². The van der Waals surface area contributed by atoms with E-state index in [1.54, 1.807) is 28.4 Å². The molecule has 0 aliphatic carbocycles. The van der Waals surface area contributed by atoms with Crippen molar-refractivity contribution in [2.75, 3.05) is 28.4 Å². The van der Waals surface area contributed by atoms with Crippen LogP contribution >= 0.6 is 11.6 Å². The van der Waals surface area contributed by atoms with Crippen molar-refractivity contribution in [3.05, 3.63) is 71.2 Å². The summed E-state index contributed by atoms with van der Waals surface area (Å²) in [6.07, 6.45) is 0. The van der Waals surface area contributed by atoms with Crippen LogP contribution in [0.4, 0.5) is 0 Å². The maximum atomic E-state index is 6.14. The number of methoxy groups -OCH3 is 4. The summed E-state index contributed by atoms with van der Waals surface area (Å²) >= 11 is 6.14. The van der Waals surface area contributed by atoms with E-state index in [0.717, 1.165) is 33.8 Å². The highest BCUT2D eigenvalue weighted by Crippen LogP contribution is 2.39. The van der Waals surface area contributed by atoms with Crippen molar-refractivity contribution < 1.29 is 18.9 Å². The minimum Gasteiger partial charge on any atom is -0.493 e. The summed E-state index contributed by atoms with van der Waals surface area (Å²) in [6.45, 7) is 2.05. The molecule has 7 heteroatoms. The third-order valence-electron chi connectivity index (χ3n) is 5.51. The lowest BCUT2D eigenvalue weighted by atomic mass is 10.0. The number of halogens is 1. The van der Waals surface area contributed by atoms with Crippen LogP contribution in [0, 0.1) is 6.92 Å². The Bertz CT molecular complexity index is 1280. The predicted molar refractivity (Wildman–Crippen MR) is 130 cm³/mol. The van der Waals surface area contributed by atoms with Gasteiger partial charge in [-0.1, -0.05) is 11.6 Å². The van der Waals surface area contributed by atoms with Crippen LogP contribution in [0.25, 0.3) is 28.2 Å². The fraction of sp³-hybridized carbons (Fsp3) is 0.192. The molecule has 0 atom stereocenters. The second kappa shape index (κ2) is 9.46. The molecule has 0 amide bonds. The van der Waals surface area contributed by atoms with E-state index < -0.39 is 0 Å². The van der Waals surface area contributed by atoms with Crippen LogP contribution in [0.5, 0.6) is 23.0 Å². The van der Waals surface area contributed by atoms with Gasteiger partial charge < -0.3 is 18.9 Å². The van der Waals surface area contributed by atoms with E-state index in [1.807, 2.05) is 65.3 Å². The van der Waals surface area contributed by atoms with Gasteiger partial charge in [-0.25, -0.2) is 4.68 Å². The van der Waals surface area contributed by atoms with Gasteiger partial charge in [0.1, 0.15) is 0 Å². The van der Waals surface area contributed by atoms with Crippen LogP contribution in [-0.4, -0.2) is 38.2 Å². The summed E-state index contributed by atoms with van der Waals surface area (Å²) in [4.78, 5) is 0. The molecule has 4 rings (SSSR count). The zero-order chi connectivity index (χ0) is 23.5. The number of benzene rings is 3. The molecule has 3 aromatic carbocycles. The molecular formula is C26H25ClN2O4. The average molecular weight is 465 g/mol. The van der Waals surface area contributed by atoms with Gasteiger partial charge in [-0.2, -0.15) is 5.10 Å². The molecule has 6 nitrogen and oxygen atoms in total. The van der Waals surface area contributed by atoms with Crippen molar-refractivity contribution in [1.29, 1.82) is 0 Å². The monoisotopic (exact) mass is 464 g/mol. The van der Waals surface area contributed by atoms with Gasteiger partial charge in [0.05, 0.1) is 45.5 Å². The topological polar surface area (TPSA) is 54.7 Å². The fourth-order valence-corrected chi connectivity index (χ4v) is 3.97. The van der Waals surface area contributed by atoms with Crippen molar-refractivity contribution in [2.24, 2.45) is 0 Å². The Hall–Kier alpha value is -3.64. The second-order valence-corrected chi connectivity index (χ2v) is 7.79. The summed E-state index contributed by atoms with van der Waals surface area (Å²) < 4.78 is 23.8. The molecule has 0 bridgehead atoms. The summed E-state index contributed by atoms with van der Waals surface area (Å²) in [5.74, 6) is 2.61. The maximum absolute atomic E-state index is 6.14. The van der Waals surface area contributed by atoms with Gasteiger partial charge in [0.2, 0.25) is 0 Å². The molecule has 4 aromatic rings. The lowest BCUT2D eigenvalue weighted by Crippen LogP contribution is -2.00. The van der Waals surface area contributed by atoms with Crippen molar-refractivity contribution in [1.82, 2.24) is 9.78 Å². The standard InChI is InChI=1S/C26H25ClN2O4/c1-16-25(17-6-12-21(30-2)23(14-17)32-4)28-29(20-10-8-19(27)9-11-20)26(16)18-7-13-22(31-3)24(15-18)33-5/h6-15H,1-5H3. The third-order valence-corrected chi connectivity index (χ3v) is 5.76. The van der Waals surface area contributed by atoms with Gasteiger partial charge in [-0.3, -0.25) is 0 Å². The normalized spacial score (nSPS) is 10.7. The molecule has 0 aliphatic rings. The van der Waals surface area contributed by atoms with Gasteiger partial charge >= 0.3 is 0 Å². The largest absolute Gasteiger partial charge is 0.493 e. The van der Waals surface area contributed by atoms with Crippen molar-refractivity contribution in [2.45, 2.75) is 6.92 Å². The zero-order valence-corrected chi connectivity index (χ0v) is 19.9. The van der Waals surface area contributed by atoms with Crippen LogP contribution in [-0.2, 0) is 0 Å². The highest BCUT2D eigenvalue weighted by molar-refractivity contribution is 6.30. The molecular weight excluding hydrogens is 440 g/mol. The summed E-state index contributed by atoms with van der Waals surface area (Å²) in [5.41, 5.74) is 5.51. The van der Waals surface area contributed by atoms with E-state index in [9.17, 15) is 0 Å². The molecule has 0 spiro atoms. The first-order valence-corrected chi connectivity index (χ1v) is 10.7. The van der Waals surface area contributed by atoms with E-state index >= 15 is 0 Å².